The molecule has 0 fully saturated rings. The molecule has 0 aliphatic carbocycles. The van der Waals surface area contributed by atoms with Crippen LogP contribution in [0.5, 0.6) is 0 Å². The Morgan fingerprint density at radius 1 is 1.14 bits per heavy atom. The largest absolute Gasteiger partial charge is 0.316 e. The molecule has 1 aromatic carbocycles. The van der Waals surface area contributed by atoms with E-state index in [1.54, 1.807) is 6.20 Å². The molecule has 114 valence electrons. The first-order valence-electron chi connectivity index (χ1n) is 7.52. The molecule has 21 heavy (non-hydrogen) atoms. The van der Waals surface area contributed by atoms with Crippen molar-refractivity contribution in [2.75, 3.05) is 13.1 Å². The first kappa shape index (κ1) is 16.1. The van der Waals surface area contributed by atoms with Crippen LogP contribution in [-0.4, -0.2) is 22.9 Å². The number of hydrogen-bond acceptors (Lipinski definition) is 2. The van der Waals surface area contributed by atoms with E-state index >= 15 is 0 Å². The van der Waals surface area contributed by atoms with E-state index in [2.05, 4.69) is 55.5 Å². The van der Waals surface area contributed by atoms with Crippen LogP contribution in [0.25, 0.3) is 0 Å². The van der Waals surface area contributed by atoms with Gasteiger partial charge in [-0.25, -0.2) is 0 Å². The number of benzene rings is 1. The van der Waals surface area contributed by atoms with E-state index in [0.29, 0.717) is 16.9 Å². The van der Waals surface area contributed by atoms with E-state index in [-0.39, 0.29) is 0 Å². The predicted octanol–water partition coefficient (Wildman–Crippen LogP) is 3.93. The molecule has 0 saturated carbocycles. The van der Waals surface area contributed by atoms with E-state index in [1.807, 2.05) is 10.9 Å². The molecule has 0 bridgehead atoms. The highest BCUT2D eigenvalue weighted by Crippen LogP contribution is 2.16. The number of aromatic nitrogens is 2. The summed E-state index contributed by atoms with van der Waals surface area (Å²) in [5.74, 6) is 1.22. The first-order valence-corrected chi connectivity index (χ1v) is 7.90. The van der Waals surface area contributed by atoms with Crippen LogP contribution in [0.15, 0.2) is 36.7 Å². The summed E-state index contributed by atoms with van der Waals surface area (Å²) in [5.41, 5.74) is 2.61. The molecule has 0 amide bonds. The van der Waals surface area contributed by atoms with Crippen molar-refractivity contribution in [2.24, 2.45) is 5.92 Å². The maximum Gasteiger partial charge on any atom is 0.0785 e. The standard InChI is InChI=1S/C17H24ClN3/c1-13(2)8-19-9-14(3)16-6-4-15(5-7-16)11-21-12-17(18)10-20-21/h4-7,10,12-14,19H,8-9,11H2,1-3H3. The lowest BCUT2D eigenvalue weighted by Gasteiger charge is -2.15. The van der Waals surface area contributed by atoms with Gasteiger partial charge in [0, 0.05) is 12.7 Å². The lowest BCUT2D eigenvalue weighted by Crippen LogP contribution is -2.24. The Hall–Kier alpha value is -1.32. The number of halogens is 1. The van der Waals surface area contributed by atoms with Gasteiger partial charge in [-0.3, -0.25) is 4.68 Å². The maximum atomic E-state index is 5.87. The van der Waals surface area contributed by atoms with Crippen LogP contribution >= 0.6 is 11.6 Å². The topological polar surface area (TPSA) is 29.9 Å². The highest BCUT2D eigenvalue weighted by molar-refractivity contribution is 6.30. The smallest absolute Gasteiger partial charge is 0.0785 e. The predicted molar refractivity (Wildman–Crippen MR) is 88.9 cm³/mol. The van der Waals surface area contributed by atoms with Crippen molar-refractivity contribution in [2.45, 2.75) is 33.2 Å². The number of rotatable bonds is 7. The third-order valence-electron chi connectivity index (χ3n) is 3.50. The SMILES string of the molecule is CC(C)CNCC(C)c1ccc(Cn2cc(Cl)cn2)cc1. The molecule has 0 aliphatic rings. The number of nitrogens with zero attached hydrogens (tertiary/aromatic N) is 2. The molecule has 1 atom stereocenters. The average molecular weight is 306 g/mol. The molecule has 3 nitrogen and oxygen atoms in total. The molecule has 0 saturated heterocycles. The summed E-state index contributed by atoms with van der Waals surface area (Å²) in [6, 6.07) is 8.76. The molecule has 4 heteroatoms. The monoisotopic (exact) mass is 305 g/mol. The summed E-state index contributed by atoms with van der Waals surface area (Å²) in [4.78, 5) is 0. The van der Waals surface area contributed by atoms with Crippen LogP contribution in [0.4, 0.5) is 0 Å². The van der Waals surface area contributed by atoms with E-state index in [9.17, 15) is 0 Å². The minimum Gasteiger partial charge on any atom is -0.316 e. The zero-order chi connectivity index (χ0) is 15.2. The van der Waals surface area contributed by atoms with Crippen molar-refractivity contribution in [3.8, 4) is 0 Å². The fourth-order valence-corrected chi connectivity index (χ4v) is 2.43. The Morgan fingerprint density at radius 3 is 2.43 bits per heavy atom. The maximum absolute atomic E-state index is 5.87. The van der Waals surface area contributed by atoms with Crippen molar-refractivity contribution in [1.82, 2.24) is 15.1 Å². The normalized spacial score (nSPS) is 12.8. The fraction of sp³-hybridized carbons (Fsp3) is 0.471. The Labute approximate surface area is 132 Å². The number of nitrogens with one attached hydrogen (secondary N) is 1. The summed E-state index contributed by atoms with van der Waals surface area (Å²) < 4.78 is 1.85. The van der Waals surface area contributed by atoms with E-state index in [1.165, 1.54) is 11.1 Å². The van der Waals surface area contributed by atoms with Crippen molar-refractivity contribution >= 4 is 11.6 Å². The van der Waals surface area contributed by atoms with E-state index in [4.69, 9.17) is 11.6 Å². The Balaban J connectivity index is 1.89. The molecule has 0 radical (unpaired) electrons. The van der Waals surface area contributed by atoms with Gasteiger partial charge in [0.15, 0.2) is 0 Å². The third kappa shape index (κ3) is 5.18. The lowest BCUT2D eigenvalue weighted by molar-refractivity contribution is 0.528. The zero-order valence-corrected chi connectivity index (χ0v) is 13.8. The van der Waals surface area contributed by atoms with Gasteiger partial charge in [-0.15, -0.1) is 0 Å². The third-order valence-corrected chi connectivity index (χ3v) is 3.69. The van der Waals surface area contributed by atoms with Gasteiger partial charge in [0.25, 0.3) is 0 Å². The second kappa shape index (κ2) is 7.62. The van der Waals surface area contributed by atoms with E-state index < -0.39 is 0 Å². The van der Waals surface area contributed by atoms with Crippen LogP contribution in [-0.2, 0) is 6.54 Å². The Kier molecular flexibility index (Phi) is 5.83. The van der Waals surface area contributed by atoms with Crippen LogP contribution in [0.3, 0.4) is 0 Å². The number of hydrogen-bond donors (Lipinski definition) is 1. The highest BCUT2D eigenvalue weighted by atomic mass is 35.5. The van der Waals surface area contributed by atoms with Crippen LogP contribution < -0.4 is 5.32 Å². The van der Waals surface area contributed by atoms with Gasteiger partial charge in [-0.1, -0.05) is 56.6 Å². The molecule has 1 unspecified atom stereocenters. The molecule has 1 aromatic heterocycles. The second-order valence-corrected chi connectivity index (χ2v) is 6.49. The van der Waals surface area contributed by atoms with Crippen molar-refractivity contribution in [1.29, 1.82) is 0 Å². The quantitative estimate of drug-likeness (QED) is 0.840. The molecule has 2 aromatic rings. The fourth-order valence-electron chi connectivity index (χ4n) is 2.27. The van der Waals surface area contributed by atoms with Crippen molar-refractivity contribution < 1.29 is 0 Å². The van der Waals surface area contributed by atoms with Crippen molar-refractivity contribution in [3.63, 3.8) is 0 Å². The van der Waals surface area contributed by atoms with Gasteiger partial charge in [0.1, 0.15) is 0 Å². The van der Waals surface area contributed by atoms with Crippen LogP contribution in [0.1, 0.15) is 37.8 Å². The molecular weight excluding hydrogens is 282 g/mol. The van der Waals surface area contributed by atoms with Crippen LogP contribution in [0, 0.1) is 5.92 Å². The Morgan fingerprint density at radius 2 is 1.86 bits per heavy atom. The van der Waals surface area contributed by atoms with Gasteiger partial charge in [-0.2, -0.15) is 5.10 Å². The van der Waals surface area contributed by atoms with Gasteiger partial charge in [0.2, 0.25) is 0 Å². The van der Waals surface area contributed by atoms with Gasteiger partial charge in [-0.05, 0) is 29.5 Å². The molecule has 1 N–H and O–H groups in total. The minimum atomic E-state index is 0.525. The van der Waals surface area contributed by atoms with E-state index in [0.717, 1.165) is 19.6 Å². The summed E-state index contributed by atoms with van der Waals surface area (Å²) in [5, 5.41) is 8.39. The molecule has 2 rings (SSSR count). The van der Waals surface area contributed by atoms with Gasteiger partial charge < -0.3 is 5.32 Å². The summed E-state index contributed by atoms with van der Waals surface area (Å²) in [6.45, 7) is 9.57. The summed E-state index contributed by atoms with van der Waals surface area (Å²) in [6.07, 6.45) is 3.51. The van der Waals surface area contributed by atoms with Gasteiger partial charge >= 0.3 is 0 Å². The van der Waals surface area contributed by atoms with Gasteiger partial charge in [0.05, 0.1) is 17.8 Å². The zero-order valence-electron chi connectivity index (χ0n) is 13.0. The lowest BCUT2D eigenvalue weighted by atomic mass is 9.99. The first-order chi connectivity index (χ1) is 10.0. The Bertz CT molecular complexity index is 545. The molecular formula is C17H24ClN3. The summed E-state index contributed by atoms with van der Waals surface area (Å²) in [7, 11) is 0. The molecule has 1 heterocycles. The van der Waals surface area contributed by atoms with Crippen molar-refractivity contribution in [3.05, 3.63) is 52.8 Å². The average Bonchev–Trinajstić information content (AvgIpc) is 2.84. The van der Waals surface area contributed by atoms with Crippen LogP contribution in [0.2, 0.25) is 5.02 Å². The molecule has 0 spiro atoms. The second-order valence-electron chi connectivity index (χ2n) is 6.05. The molecule has 0 aliphatic heterocycles. The highest BCUT2D eigenvalue weighted by Gasteiger charge is 2.06. The summed E-state index contributed by atoms with van der Waals surface area (Å²) >= 11 is 5.87. The minimum absolute atomic E-state index is 0.525.